The molecule has 0 heterocycles. The lowest BCUT2D eigenvalue weighted by atomic mass is 10.0. The lowest BCUT2D eigenvalue weighted by Gasteiger charge is -2.06. The number of halogens is 1. The van der Waals surface area contributed by atoms with Crippen molar-refractivity contribution in [2.45, 2.75) is 6.42 Å². The highest BCUT2D eigenvalue weighted by molar-refractivity contribution is 9.10. The zero-order valence-corrected chi connectivity index (χ0v) is 9.42. The first kappa shape index (κ1) is 9.47. The minimum Gasteiger partial charge on any atom is -0.103 e. The Morgan fingerprint density at radius 2 is 1.93 bits per heavy atom. The molecule has 0 saturated heterocycles. The highest BCUT2D eigenvalue weighted by Gasteiger charge is 2.02. The first-order valence-corrected chi connectivity index (χ1v) is 5.39. The van der Waals surface area contributed by atoms with E-state index >= 15 is 0 Å². The quantitative estimate of drug-likeness (QED) is 0.693. The molecular formula is C13H11Br. The number of benzene rings is 2. The van der Waals surface area contributed by atoms with Crippen molar-refractivity contribution in [3.8, 4) is 0 Å². The standard InChI is InChI=1S/C13H11Br/c1-2-5-12-11-7-4-3-6-10(11)8-9-13(12)14/h2-4,6-9H,1,5H2. The second kappa shape index (κ2) is 3.97. The van der Waals surface area contributed by atoms with E-state index in [0.29, 0.717) is 0 Å². The number of hydrogen-bond acceptors (Lipinski definition) is 0. The van der Waals surface area contributed by atoms with Gasteiger partial charge >= 0.3 is 0 Å². The average Bonchev–Trinajstić information content (AvgIpc) is 2.23. The van der Waals surface area contributed by atoms with Crippen LogP contribution in [-0.2, 0) is 6.42 Å². The Labute approximate surface area is 92.4 Å². The van der Waals surface area contributed by atoms with Gasteiger partial charge in [-0.05, 0) is 28.8 Å². The second-order valence-corrected chi connectivity index (χ2v) is 4.09. The van der Waals surface area contributed by atoms with Gasteiger partial charge in [-0.25, -0.2) is 0 Å². The van der Waals surface area contributed by atoms with Crippen LogP contribution < -0.4 is 0 Å². The fourth-order valence-electron chi connectivity index (χ4n) is 1.66. The third-order valence-electron chi connectivity index (χ3n) is 2.33. The predicted molar refractivity (Wildman–Crippen MR) is 65.5 cm³/mol. The molecule has 0 aromatic heterocycles. The predicted octanol–water partition coefficient (Wildman–Crippen LogP) is 4.33. The number of allylic oxidation sites excluding steroid dienone is 1. The van der Waals surface area contributed by atoms with Crippen LogP contribution in [0.4, 0.5) is 0 Å². The smallest absolute Gasteiger partial charge is 0.0216 e. The Balaban J connectivity index is 2.75. The molecular weight excluding hydrogens is 236 g/mol. The number of fused-ring (bicyclic) bond motifs is 1. The molecule has 2 aromatic carbocycles. The lowest BCUT2D eigenvalue weighted by molar-refractivity contribution is 1.29. The summed E-state index contributed by atoms with van der Waals surface area (Å²) in [4.78, 5) is 0. The van der Waals surface area contributed by atoms with Gasteiger partial charge in [0.25, 0.3) is 0 Å². The fraction of sp³-hybridized carbons (Fsp3) is 0.0769. The van der Waals surface area contributed by atoms with Crippen molar-refractivity contribution in [3.05, 3.63) is 59.1 Å². The summed E-state index contributed by atoms with van der Waals surface area (Å²) in [6.45, 7) is 3.78. The van der Waals surface area contributed by atoms with Crippen molar-refractivity contribution in [3.63, 3.8) is 0 Å². The van der Waals surface area contributed by atoms with Gasteiger partial charge in [-0.2, -0.15) is 0 Å². The summed E-state index contributed by atoms with van der Waals surface area (Å²) in [6.07, 6.45) is 2.84. The van der Waals surface area contributed by atoms with Crippen molar-refractivity contribution in [2.75, 3.05) is 0 Å². The molecule has 0 N–H and O–H groups in total. The summed E-state index contributed by atoms with van der Waals surface area (Å²) in [5.74, 6) is 0. The maximum atomic E-state index is 3.78. The lowest BCUT2D eigenvalue weighted by Crippen LogP contribution is -1.86. The Bertz CT molecular complexity index is 472. The second-order valence-electron chi connectivity index (χ2n) is 3.24. The van der Waals surface area contributed by atoms with Gasteiger partial charge in [-0.1, -0.05) is 52.3 Å². The SMILES string of the molecule is C=CCc1c(Br)ccc2ccccc12. The third kappa shape index (κ3) is 1.60. The van der Waals surface area contributed by atoms with Gasteiger partial charge in [-0.15, -0.1) is 6.58 Å². The number of hydrogen-bond donors (Lipinski definition) is 0. The monoisotopic (exact) mass is 246 g/mol. The Hall–Kier alpha value is -1.08. The summed E-state index contributed by atoms with van der Waals surface area (Å²) in [7, 11) is 0. The largest absolute Gasteiger partial charge is 0.103 e. The van der Waals surface area contributed by atoms with E-state index in [9.17, 15) is 0 Å². The Morgan fingerprint density at radius 1 is 1.14 bits per heavy atom. The van der Waals surface area contributed by atoms with E-state index in [0.717, 1.165) is 10.9 Å². The van der Waals surface area contributed by atoms with E-state index in [1.807, 2.05) is 6.08 Å². The van der Waals surface area contributed by atoms with Crippen LogP contribution in [0.15, 0.2) is 53.5 Å². The minimum absolute atomic E-state index is 0.905. The molecule has 0 saturated carbocycles. The van der Waals surface area contributed by atoms with Gasteiger partial charge in [0.1, 0.15) is 0 Å². The Morgan fingerprint density at radius 3 is 2.71 bits per heavy atom. The van der Waals surface area contributed by atoms with E-state index in [2.05, 4.69) is 58.9 Å². The van der Waals surface area contributed by atoms with Gasteiger partial charge in [0.2, 0.25) is 0 Å². The minimum atomic E-state index is 0.905. The molecule has 0 nitrogen and oxygen atoms in total. The normalized spacial score (nSPS) is 10.4. The molecule has 0 spiro atoms. The van der Waals surface area contributed by atoms with Gasteiger partial charge in [0.05, 0.1) is 0 Å². The topological polar surface area (TPSA) is 0 Å². The van der Waals surface area contributed by atoms with E-state index in [1.54, 1.807) is 0 Å². The maximum Gasteiger partial charge on any atom is 0.0216 e. The van der Waals surface area contributed by atoms with Crippen LogP contribution in [0, 0.1) is 0 Å². The van der Waals surface area contributed by atoms with Crippen LogP contribution in [0.1, 0.15) is 5.56 Å². The Kier molecular flexibility index (Phi) is 2.69. The highest BCUT2D eigenvalue weighted by Crippen LogP contribution is 2.26. The van der Waals surface area contributed by atoms with Crippen LogP contribution in [0.3, 0.4) is 0 Å². The summed E-state index contributed by atoms with van der Waals surface area (Å²) in [6, 6.07) is 12.6. The molecule has 2 aromatic rings. The molecule has 70 valence electrons. The van der Waals surface area contributed by atoms with E-state index in [1.165, 1.54) is 16.3 Å². The summed E-state index contributed by atoms with van der Waals surface area (Å²) < 4.78 is 1.16. The molecule has 0 unspecified atom stereocenters. The van der Waals surface area contributed by atoms with E-state index in [-0.39, 0.29) is 0 Å². The van der Waals surface area contributed by atoms with Gasteiger partial charge in [0.15, 0.2) is 0 Å². The zero-order chi connectivity index (χ0) is 9.97. The molecule has 0 aliphatic carbocycles. The first-order chi connectivity index (χ1) is 6.83. The number of rotatable bonds is 2. The molecule has 0 amide bonds. The molecule has 14 heavy (non-hydrogen) atoms. The summed E-state index contributed by atoms with van der Waals surface area (Å²) in [5.41, 5.74) is 1.32. The summed E-state index contributed by atoms with van der Waals surface area (Å²) >= 11 is 3.57. The van der Waals surface area contributed by atoms with Crippen molar-refractivity contribution in [2.24, 2.45) is 0 Å². The van der Waals surface area contributed by atoms with Gasteiger partial charge in [0, 0.05) is 4.47 Å². The first-order valence-electron chi connectivity index (χ1n) is 4.60. The highest BCUT2D eigenvalue weighted by atomic mass is 79.9. The maximum absolute atomic E-state index is 3.78. The van der Waals surface area contributed by atoms with Crippen LogP contribution in [0.25, 0.3) is 10.8 Å². The van der Waals surface area contributed by atoms with Crippen LogP contribution in [-0.4, -0.2) is 0 Å². The molecule has 0 bridgehead atoms. The van der Waals surface area contributed by atoms with E-state index in [4.69, 9.17) is 0 Å². The van der Waals surface area contributed by atoms with Crippen molar-refractivity contribution >= 4 is 26.7 Å². The molecule has 0 aliphatic rings. The van der Waals surface area contributed by atoms with Crippen LogP contribution in [0.5, 0.6) is 0 Å². The molecule has 0 aliphatic heterocycles. The van der Waals surface area contributed by atoms with Crippen LogP contribution >= 0.6 is 15.9 Å². The van der Waals surface area contributed by atoms with Crippen LogP contribution in [0.2, 0.25) is 0 Å². The fourth-order valence-corrected chi connectivity index (χ4v) is 2.17. The molecule has 0 atom stereocenters. The summed E-state index contributed by atoms with van der Waals surface area (Å²) in [5, 5.41) is 2.59. The van der Waals surface area contributed by atoms with Crippen molar-refractivity contribution < 1.29 is 0 Å². The van der Waals surface area contributed by atoms with Gasteiger partial charge in [-0.3, -0.25) is 0 Å². The molecule has 0 fully saturated rings. The average molecular weight is 247 g/mol. The third-order valence-corrected chi connectivity index (χ3v) is 3.07. The van der Waals surface area contributed by atoms with Crippen molar-refractivity contribution in [1.82, 2.24) is 0 Å². The zero-order valence-electron chi connectivity index (χ0n) is 7.83. The molecule has 2 rings (SSSR count). The molecule has 1 heteroatoms. The molecule has 0 radical (unpaired) electrons. The van der Waals surface area contributed by atoms with Crippen molar-refractivity contribution in [1.29, 1.82) is 0 Å². The van der Waals surface area contributed by atoms with E-state index < -0.39 is 0 Å². The van der Waals surface area contributed by atoms with Gasteiger partial charge < -0.3 is 0 Å².